The van der Waals surface area contributed by atoms with Gasteiger partial charge in [0.05, 0.1) is 0 Å². The first-order valence-corrected chi connectivity index (χ1v) is 12.6. The number of amidine groups is 1. The molecule has 1 atom stereocenters. The predicted octanol–water partition coefficient (Wildman–Crippen LogP) is 4.07. The standard InChI is InChI=1S/C26H29BrN4O3/c27-22-8-6-21(7-9-22)23-28-26(11-14-29(15-12-26)16-19-4-2-1-3-5-19)24(32)31(23)18-20-10-13-30(17-20)25(33)34/h1-9,20H,10-18H2,(H,33,34). The van der Waals surface area contributed by atoms with Crippen LogP contribution in [0.4, 0.5) is 4.79 Å². The summed E-state index contributed by atoms with van der Waals surface area (Å²) in [6, 6.07) is 18.3. The van der Waals surface area contributed by atoms with E-state index in [2.05, 4.69) is 45.1 Å². The highest BCUT2D eigenvalue weighted by Gasteiger charge is 2.50. The van der Waals surface area contributed by atoms with E-state index in [1.54, 1.807) is 0 Å². The molecule has 3 aliphatic rings. The summed E-state index contributed by atoms with van der Waals surface area (Å²) in [6.45, 7) is 4.01. The number of benzene rings is 2. The average Bonchev–Trinajstić information content (AvgIpc) is 3.42. The van der Waals surface area contributed by atoms with Gasteiger partial charge in [0, 0.05) is 49.3 Å². The summed E-state index contributed by atoms with van der Waals surface area (Å²) in [7, 11) is 0. The number of hydrogen-bond acceptors (Lipinski definition) is 4. The Morgan fingerprint density at radius 2 is 1.76 bits per heavy atom. The fourth-order valence-electron chi connectivity index (χ4n) is 5.31. The lowest BCUT2D eigenvalue weighted by Gasteiger charge is -2.36. The normalized spacial score (nSPS) is 22.4. The van der Waals surface area contributed by atoms with Crippen LogP contribution >= 0.6 is 15.9 Å². The largest absolute Gasteiger partial charge is 0.465 e. The van der Waals surface area contributed by atoms with Crippen LogP contribution in [0.5, 0.6) is 0 Å². The first-order valence-electron chi connectivity index (χ1n) is 11.9. The summed E-state index contributed by atoms with van der Waals surface area (Å²) in [5.74, 6) is 0.912. The minimum atomic E-state index is -0.890. The zero-order valence-electron chi connectivity index (χ0n) is 19.1. The molecule has 3 heterocycles. The summed E-state index contributed by atoms with van der Waals surface area (Å²) in [5, 5.41) is 9.34. The van der Waals surface area contributed by atoms with Gasteiger partial charge < -0.3 is 10.0 Å². The zero-order chi connectivity index (χ0) is 23.7. The second-order valence-corrected chi connectivity index (χ2v) is 10.5. The van der Waals surface area contributed by atoms with E-state index in [9.17, 15) is 14.7 Å². The van der Waals surface area contributed by atoms with Gasteiger partial charge in [0.15, 0.2) is 0 Å². The van der Waals surface area contributed by atoms with Gasteiger partial charge in [-0.3, -0.25) is 19.6 Å². The highest BCUT2D eigenvalue weighted by molar-refractivity contribution is 9.10. The summed E-state index contributed by atoms with van der Waals surface area (Å²) >= 11 is 3.49. The fraction of sp³-hybridized carbons (Fsp3) is 0.423. The molecule has 0 saturated carbocycles. The van der Waals surface area contributed by atoms with Gasteiger partial charge in [0.25, 0.3) is 5.91 Å². The van der Waals surface area contributed by atoms with E-state index < -0.39 is 11.6 Å². The summed E-state index contributed by atoms with van der Waals surface area (Å²) in [5.41, 5.74) is 1.48. The molecule has 1 N–H and O–H groups in total. The van der Waals surface area contributed by atoms with E-state index in [0.29, 0.717) is 32.5 Å². The first kappa shape index (κ1) is 23.1. The van der Waals surface area contributed by atoms with Gasteiger partial charge >= 0.3 is 6.09 Å². The monoisotopic (exact) mass is 524 g/mol. The van der Waals surface area contributed by atoms with E-state index in [1.165, 1.54) is 10.5 Å². The fourth-order valence-corrected chi connectivity index (χ4v) is 5.57. The molecule has 2 saturated heterocycles. The number of rotatable bonds is 5. The molecule has 5 rings (SSSR count). The van der Waals surface area contributed by atoms with Crippen molar-refractivity contribution in [2.75, 3.05) is 32.7 Å². The van der Waals surface area contributed by atoms with Crippen LogP contribution in [0.25, 0.3) is 0 Å². The summed E-state index contributed by atoms with van der Waals surface area (Å²) < 4.78 is 0.976. The van der Waals surface area contributed by atoms with Crippen molar-refractivity contribution in [3.8, 4) is 0 Å². The molecular weight excluding hydrogens is 496 g/mol. The van der Waals surface area contributed by atoms with E-state index in [1.807, 2.05) is 35.2 Å². The summed E-state index contributed by atoms with van der Waals surface area (Å²) in [6.07, 6.45) is 1.27. The number of likely N-dealkylation sites (tertiary alicyclic amines) is 2. The van der Waals surface area contributed by atoms with Crippen molar-refractivity contribution in [1.82, 2.24) is 14.7 Å². The quantitative estimate of drug-likeness (QED) is 0.639. The van der Waals surface area contributed by atoms with Gasteiger partial charge in [-0.05, 0) is 42.9 Å². The Bertz CT molecular complexity index is 1080. The van der Waals surface area contributed by atoms with Crippen LogP contribution in [0.2, 0.25) is 0 Å². The van der Waals surface area contributed by atoms with E-state index >= 15 is 0 Å². The predicted molar refractivity (Wildman–Crippen MR) is 134 cm³/mol. The van der Waals surface area contributed by atoms with Crippen molar-refractivity contribution in [2.45, 2.75) is 31.3 Å². The molecule has 34 heavy (non-hydrogen) atoms. The zero-order valence-corrected chi connectivity index (χ0v) is 20.7. The molecule has 0 bridgehead atoms. The molecule has 2 fully saturated rings. The average molecular weight is 525 g/mol. The highest BCUT2D eigenvalue weighted by Crippen LogP contribution is 2.36. The van der Waals surface area contributed by atoms with Crippen LogP contribution in [0.15, 0.2) is 64.1 Å². The van der Waals surface area contributed by atoms with E-state index in [-0.39, 0.29) is 11.8 Å². The van der Waals surface area contributed by atoms with Crippen LogP contribution in [0.3, 0.4) is 0 Å². The number of carbonyl (C=O) groups is 2. The van der Waals surface area contributed by atoms with Gasteiger partial charge in [0.1, 0.15) is 11.4 Å². The van der Waals surface area contributed by atoms with Crippen molar-refractivity contribution >= 4 is 33.8 Å². The number of hydrogen-bond donors (Lipinski definition) is 1. The SMILES string of the molecule is O=C(O)N1CCC(CN2C(=O)C3(CCN(Cc4ccccc4)CC3)N=C2c2ccc(Br)cc2)C1. The van der Waals surface area contributed by atoms with Gasteiger partial charge in [-0.25, -0.2) is 4.79 Å². The first-order chi connectivity index (χ1) is 16.4. The Morgan fingerprint density at radius 3 is 2.41 bits per heavy atom. The molecular formula is C26H29BrN4O3. The van der Waals surface area contributed by atoms with Crippen molar-refractivity contribution < 1.29 is 14.7 Å². The van der Waals surface area contributed by atoms with Gasteiger partial charge in [-0.15, -0.1) is 0 Å². The van der Waals surface area contributed by atoms with Crippen molar-refractivity contribution in [3.63, 3.8) is 0 Å². The van der Waals surface area contributed by atoms with E-state index in [4.69, 9.17) is 4.99 Å². The van der Waals surface area contributed by atoms with Gasteiger partial charge in [0.2, 0.25) is 0 Å². The third kappa shape index (κ3) is 4.61. The molecule has 0 radical (unpaired) electrons. The maximum atomic E-state index is 13.9. The van der Waals surface area contributed by atoms with Crippen molar-refractivity contribution in [3.05, 3.63) is 70.2 Å². The minimum absolute atomic E-state index is 0.0681. The second kappa shape index (κ2) is 9.50. The minimum Gasteiger partial charge on any atom is -0.465 e. The lowest BCUT2D eigenvalue weighted by molar-refractivity contribution is -0.133. The Labute approximate surface area is 208 Å². The number of nitrogens with zero attached hydrogens (tertiary/aromatic N) is 4. The van der Waals surface area contributed by atoms with Crippen molar-refractivity contribution in [2.24, 2.45) is 10.9 Å². The molecule has 1 spiro atoms. The number of carboxylic acid groups (broad SMARTS) is 1. The highest BCUT2D eigenvalue weighted by atomic mass is 79.9. The third-order valence-corrected chi connectivity index (χ3v) is 7.78. The maximum absolute atomic E-state index is 13.9. The molecule has 178 valence electrons. The molecule has 8 heteroatoms. The third-order valence-electron chi connectivity index (χ3n) is 7.25. The second-order valence-electron chi connectivity index (χ2n) is 9.53. The number of halogens is 1. The topological polar surface area (TPSA) is 76.5 Å². The van der Waals surface area contributed by atoms with Gasteiger partial charge in [-0.2, -0.15) is 0 Å². The van der Waals surface area contributed by atoms with Crippen LogP contribution < -0.4 is 0 Å². The Morgan fingerprint density at radius 1 is 1.06 bits per heavy atom. The number of aliphatic imine (C=N–C) groups is 1. The van der Waals surface area contributed by atoms with Crippen LogP contribution in [-0.4, -0.2) is 75.9 Å². The van der Waals surface area contributed by atoms with Crippen LogP contribution in [0, 0.1) is 5.92 Å². The lowest BCUT2D eigenvalue weighted by atomic mass is 9.87. The molecule has 2 amide bonds. The molecule has 2 aromatic rings. The molecule has 2 aromatic carbocycles. The Kier molecular flexibility index (Phi) is 6.44. The number of carbonyl (C=O) groups excluding carboxylic acids is 1. The lowest BCUT2D eigenvalue weighted by Crippen LogP contribution is -2.50. The molecule has 1 unspecified atom stereocenters. The maximum Gasteiger partial charge on any atom is 0.407 e. The smallest absolute Gasteiger partial charge is 0.407 e. The van der Waals surface area contributed by atoms with Gasteiger partial charge in [-0.1, -0.05) is 58.4 Å². The molecule has 3 aliphatic heterocycles. The van der Waals surface area contributed by atoms with E-state index in [0.717, 1.165) is 41.9 Å². The molecule has 0 aliphatic carbocycles. The molecule has 0 aromatic heterocycles. The van der Waals surface area contributed by atoms with Crippen LogP contribution in [0.1, 0.15) is 30.4 Å². The Balaban J connectivity index is 1.35. The number of amides is 2. The Hall–Kier alpha value is -2.71. The van der Waals surface area contributed by atoms with Crippen molar-refractivity contribution in [1.29, 1.82) is 0 Å². The molecule has 7 nitrogen and oxygen atoms in total. The van der Waals surface area contributed by atoms with Crippen LogP contribution in [-0.2, 0) is 11.3 Å². The summed E-state index contributed by atoms with van der Waals surface area (Å²) in [4.78, 5) is 36.0. The number of piperidine rings is 1.